The van der Waals surface area contributed by atoms with Crippen molar-refractivity contribution in [2.45, 2.75) is 108 Å². The summed E-state index contributed by atoms with van der Waals surface area (Å²) in [5, 5.41) is -0.208. The summed E-state index contributed by atoms with van der Waals surface area (Å²) in [6.07, 6.45) is -2.01. The lowest BCUT2D eigenvalue weighted by Gasteiger charge is -2.40. The van der Waals surface area contributed by atoms with Gasteiger partial charge in [-0.05, 0) is 36.3 Å². The van der Waals surface area contributed by atoms with E-state index in [-0.39, 0.29) is 16.7 Å². The molecule has 3 rings (SSSR count). The molecule has 35 heavy (non-hydrogen) atoms. The van der Waals surface area contributed by atoms with Crippen LogP contribution >= 0.6 is 0 Å². The summed E-state index contributed by atoms with van der Waals surface area (Å²) in [5.41, 5.74) is 3.36. The van der Waals surface area contributed by atoms with Gasteiger partial charge in [0.1, 0.15) is 12.2 Å². The zero-order chi connectivity index (χ0) is 26.8. The number of hydrogen-bond donors (Lipinski definition) is 2. The highest BCUT2D eigenvalue weighted by Gasteiger charge is 2.76. The van der Waals surface area contributed by atoms with Crippen molar-refractivity contribution in [2.75, 3.05) is 6.61 Å². The molecule has 1 spiro atoms. The minimum Gasteiger partial charge on any atom is -0.414 e. The number of H-pyrrole nitrogens is 1. The van der Waals surface area contributed by atoms with Crippen LogP contribution in [-0.4, -0.2) is 62.6 Å². The monoisotopic (exact) mass is 527 g/mol. The summed E-state index contributed by atoms with van der Waals surface area (Å²) < 4.78 is 27.0. The van der Waals surface area contributed by atoms with E-state index in [0.717, 1.165) is 0 Å². The zero-order valence-corrected chi connectivity index (χ0v) is 24.6. The van der Waals surface area contributed by atoms with E-state index >= 15 is 0 Å². The number of primary amides is 1. The van der Waals surface area contributed by atoms with Crippen molar-refractivity contribution in [1.82, 2.24) is 9.55 Å². The number of nitrogens with two attached hydrogens (primary N) is 1. The predicted molar refractivity (Wildman–Crippen MR) is 137 cm³/mol. The number of carbonyl (C=O) groups excluding carboxylic acids is 1. The third-order valence-corrected chi connectivity index (χ3v) is 17.2. The lowest BCUT2D eigenvalue weighted by molar-refractivity contribution is -0.119. The molecule has 1 amide bonds. The summed E-state index contributed by atoms with van der Waals surface area (Å²) in [4.78, 5) is 39.1. The van der Waals surface area contributed by atoms with Crippen LogP contribution < -0.4 is 17.0 Å². The molecule has 2 saturated heterocycles. The number of rotatable bonds is 7. The zero-order valence-electron chi connectivity index (χ0n) is 22.6. The molecular weight excluding hydrogens is 486 g/mol. The van der Waals surface area contributed by atoms with Crippen LogP contribution in [0.4, 0.5) is 0 Å². The van der Waals surface area contributed by atoms with Gasteiger partial charge in [0.15, 0.2) is 34.6 Å². The van der Waals surface area contributed by atoms with Crippen molar-refractivity contribution in [1.29, 1.82) is 0 Å². The summed E-state index contributed by atoms with van der Waals surface area (Å²) in [5.74, 6) is -0.621. The van der Waals surface area contributed by atoms with Crippen molar-refractivity contribution < 1.29 is 23.1 Å². The fraction of sp³-hybridized carbons (Fsp3) is 0.783. The minimum atomic E-state index is -2.44. The molecule has 2 fully saturated rings. The Bertz CT molecular complexity index is 1090. The van der Waals surface area contributed by atoms with Gasteiger partial charge in [-0.3, -0.25) is 19.1 Å². The first kappa shape index (κ1) is 28.0. The Labute approximate surface area is 208 Å². The first-order valence-corrected chi connectivity index (χ1v) is 17.8. The van der Waals surface area contributed by atoms with Crippen LogP contribution in [0.25, 0.3) is 0 Å². The highest BCUT2D eigenvalue weighted by atomic mass is 28.4. The van der Waals surface area contributed by atoms with Gasteiger partial charge in [0.2, 0.25) is 5.91 Å². The van der Waals surface area contributed by atoms with Gasteiger partial charge < -0.3 is 24.1 Å². The molecule has 1 aromatic rings. The number of hydrogen-bond acceptors (Lipinski definition) is 7. The van der Waals surface area contributed by atoms with Crippen LogP contribution in [0.2, 0.25) is 36.3 Å². The Morgan fingerprint density at radius 2 is 1.69 bits per heavy atom. The van der Waals surface area contributed by atoms with Gasteiger partial charge >= 0.3 is 5.69 Å². The lowest BCUT2D eigenvalue weighted by Crippen LogP contribution is -2.53. The molecule has 3 heterocycles. The molecular formula is C23H41N3O7Si2. The van der Waals surface area contributed by atoms with Gasteiger partial charge in [0.05, 0.1) is 6.61 Å². The molecule has 0 bridgehead atoms. The summed E-state index contributed by atoms with van der Waals surface area (Å²) in [6, 6.07) is 1.25. The van der Waals surface area contributed by atoms with Gasteiger partial charge in [-0.25, -0.2) is 4.79 Å². The van der Waals surface area contributed by atoms with Gasteiger partial charge in [0.25, 0.3) is 5.56 Å². The first-order valence-electron chi connectivity index (χ1n) is 12.0. The Morgan fingerprint density at radius 3 is 2.14 bits per heavy atom. The van der Waals surface area contributed by atoms with Crippen molar-refractivity contribution in [2.24, 2.45) is 5.73 Å². The van der Waals surface area contributed by atoms with E-state index in [0.29, 0.717) is 0 Å². The van der Waals surface area contributed by atoms with Crippen LogP contribution in [-0.2, 0) is 23.1 Å². The molecule has 10 nitrogen and oxygen atoms in total. The molecule has 198 valence electrons. The second-order valence-corrected chi connectivity index (χ2v) is 22.2. The van der Waals surface area contributed by atoms with Gasteiger partial charge in [-0.15, -0.1) is 0 Å². The molecule has 3 unspecified atom stereocenters. The van der Waals surface area contributed by atoms with Crippen molar-refractivity contribution in [3.05, 3.63) is 33.1 Å². The first-order chi connectivity index (χ1) is 15.7. The number of epoxide rings is 1. The van der Waals surface area contributed by atoms with E-state index in [1.54, 1.807) is 0 Å². The number of nitrogens with one attached hydrogen (secondary N) is 1. The standard InChI is InChI=1S/C23H41N3O7Si2/c1-21(2,3)34(7,8)30-13-14-23(16(32-23)18(24)28)17(33-35(9,10)22(4,5)6)19(31-14)26-12-11-15(27)25-20(26)29/h11-12,14,16-17,19H,13H2,1-10H3,(H2,24,28)(H,25,27,29)/t14?,16-,17?,19?,23+/m0/s1. The number of ether oxygens (including phenoxy) is 2. The Kier molecular flexibility index (Phi) is 7.02. The molecule has 12 heteroatoms. The Hall–Kier alpha value is -1.58. The second kappa shape index (κ2) is 8.77. The maximum absolute atomic E-state index is 12.8. The Balaban J connectivity index is 2.08. The van der Waals surface area contributed by atoms with Crippen LogP contribution in [0.15, 0.2) is 21.9 Å². The molecule has 3 N–H and O–H groups in total. The van der Waals surface area contributed by atoms with E-state index in [9.17, 15) is 14.4 Å². The largest absolute Gasteiger partial charge is 0.414 e. The van der Waals surface area contributed by atoms with Crippen molar-refractivity contribution in [3.63, 3.8) is 0 Å². The molecule has 0 saturated carbocycles. The smallest absolute Gasteiger partial charge is 0.330 e. The molecule has 2 aliphatic heterocycles. The quantitative estimate of drug-likeness (QED) is 0.410. The number of carbonyl (C=O) groups is 1. The SMILES string of the molecule is CC(C)(C)[Si](C)(C)OCC1OC(n2ccc(=O)[nH]c2=O)C(O[Si](C)(C)C(C)(C)C)[C@@]12O[C@H]2C(N)=O. The molecule has 0 radical (unpaired) electrons. The Morgan fingerprint density at radius 1 is 1.11 bits per heavy atom. The fourth-order valence-electron chi connectivity index (χ4n) is 3.82. The topological polar surface area (TPSA) is 138 Å². The number of aromatic nitrogens is 2. The maximum Gasteiger partial charge on any atom is 0.330 e. The molecule has 2 aliphatic rings. The van der Waals surface area contributed by atoms with E-state index in [2.05, 4.69) is 72.7 Å². The predicted octanol–water partition coefficient (Wildman–Crippen LogP) is 2.47. The highest BCUT2D eigenvalue weighted by molar-refractivity contribution is 6.74. The summed E-state index contributed by atoms with van der Waals surface area (Å²) in [7, 11) is -4.61. The average Bonchev–Trinajstić information content (AvgIpc) is 3.35. The average molecular weight is 528 g/mol. The molecule has 5 atom stereocenters. The third-order valence-electron chi connectivity index (χ3n) is 8.20. The van der Waals surface area contributed by atoms with E-state index in [4.69, 9.17) is 24.1 Å². The normalized spacial score (nSPS) is 29.5. The lowest BCUT2D eigenvalue weighted by atomic mass is 9.93. The van der Waals surface area contributed by atoms with Crippen molar-refractivity contribution >= 4 is 22.5 Å². The third kappa shape index (κ3) is 5.01. The maximum atomic E-state index is 12.8. The molecule has 1 aromatic heterocycles. The van der Waals surface area contributed by atoms with E-state index in [1.807, 2.05) is 0 Å². The minimum absolute atomic E-state index is 0.0431. The number of amides is 1. The van der Waals surface area contributed by atoms with E-state index in [1.165, 1.54) is 16.8 Å². The van der Waals surface area contributed by atoms with Crippen LogP contribution in [0.1, 0.15) is 47.8 Å². The molecule has 0 aliphatic carbocycles. The van der Waals surface area contributed by atoms with Crippen LogP contribution in [0.3, 0.4) is 0 Å². The number of nitrogens with zero attached hydrogens (tertiary/aromatic N) is 1. The summed E-state index contributed by atoms with van der Waals surface area (Å²) in [6.45, 7) is 21.3. The summed E-state index contributed by atoms with van der Waals surface area (Å²) >= 11 is 0. The van der Waals surface area contributed by atoms with Crippen LogP contribution in [0, 0.1) is 0 Å². The van der Waals surface area contributed by atoms with Crippen LogP contribution in [0.5, 0.6) is 0 Å². The van der Waals surface area contributed by atoms with Gasteiger partial charge in [0, 0.05) is 12.3 Å². The van der Waals surface area contributed by atoms with Gasteiger partial charge in [-0.2, -0.15) is 0 Å². The highest BCUT2D eigenvalue weighted by Crippen LogP contribution is 2.56. The number of aromatic amines is 1. The fourth-order valence-corrected chi connectivity index (χ4v) is 6.11. The van der Waals surface area contributed by atoms with Crippen molar-refractivity contribution in [3.8, 4) is 0 Å². The molecule has 0 aromatic carbocycles. The second-order valence-electron chi connectivity index (χ2n) is 12.7. The van der Waals surface area contributed by atoms with E-state index < -0.39 is 63.9 Å². The van der Waals surface area contributed by atoms with Gasteiger partial charge in [-0.1, -0.05) is 41.5 Å².